The molecule has 3 atom stereocenters. The highest BCUT2D eigenvalue weighted by Crippen LogP contribution is 2.41. The maximum absolute atomic E-state index is 11.3. The molecule has 122 valence electrons. The molecule has 22 heavy (non-hydrogen) atoms. The first-order valence-corrected chi connectivity index (χ1v) is 9.54. The number of carbonyl (C=O) groups is 1. The molecule has 0 spiro atoms. The second-order valence-corrected chi connectivity index (χ2v) is 7.38. The van der Waals surface area contributed by atoms with E-state index in [1.54, 1.807) is 6.92 Å². The van der Waals surface area contributed by atoms with Crippen molar-refractivity contribution in [2.45, 2.75) is 44.3 Å². The summed E-state index contributed by atoms with van der Waals surface area (Å²) in [6.45, 7) is 2.27. The van der Waals surface area contributed by atoms with Crippen molar-refractivity contribution in [2.24, 2.45) is 5.92 Å². The lowest BCUT2D eigenvalue weighted by atomic mass is 9.89. The summed E-state index contributed by atoms with van der Waals surface area (Å²) in [6.07, 6.45) is 3.67. The number of benzene rings is 1. The summed E-state index contributed by atoms with van der Waals surface area (Å²) in [5, 5.41) is 0. The van der Waals surface area contributed by atoms with Crippen molar-refractivity contribution in [3.05, 3.63) is 33.8 Å². The summed E-state index contributed by atoms with van der Waals surface area (Å²) in [7, 11) is 0. The van der Waals surface area contributed by atoms with Gasteiger partial charge in [-0.1, -0.05) is 52.5 Å². The number of esters is 1. The van der Waals surface area contributed by atoms with E-state index in [2.05, 4.69) is 15.9 Å². The van der Waals surface area contributed by atoms with E-state index < -0.39 is 11.1 Å². The van der Waals surface area contributed by atoms with E-state index in [0.29, 0.717) is 24.9 Å². The third-order valence-electron chi connectivity index (χ3n) is 4.18. The molecule has 6 heteroatoms. The van der Waals surface area contributed by atoms with Crippen LogP contribution in [0.25, 0.3) is 0 Å². The fraction of sp³-hybridized carbons (Fsp3) is 0.562. The van der Waals surface area contributed by atoms with Crippen molar-refractivity contribution < 1.29 is 18.3 Å². The first-order chi connectivity index (χ1) is 10.5. The molecule has 1 aliphatic carbocycles. The van der Waals surface area contributed by atoms with Crippen molar-refractivity contribution >= 4 is 33.0 Å². The highest BCUT2D eigenvalue weighted by molar-refractivity contribution is 9.10. The van der Waals surface area contributed by atoms with Gasteiger partial charge in [-0.25, -0.2) is 0 Å². The number of hydrogen-bond donors (Lipinski definition) is 0. The Kier molecular flexibility index (Phi) is 6.59. The van der Waals surface area contributed by atoms with Gasteiger partial charge in [0.05, 0.1) is 6.61 Å². The Labute approximate surface area is 142 Å². The van der Waals surface area contributed by atoms with Crippen LogP contribution in [0.15, 0.2) is 22.7 Å². The lowest BCUT2D eigenvalue weighted by Crippen LogP contribution is -2.16. The van der Waals surface area contributed by atoms with Crippen LogP contribution < -0.4 is 0 Å². The molecule has 0 aromatic heterocycles. The smallest absolute Gasteiger partial charge is 0.305 e. The molecule has 1 aromatic carbocycles. The molecule has 1 fully saturated rings. The average molecular weight is 388 g/mol. The van der Waals surface area contributed by atoms with Crippen molar-refractivity contribution in [1.82, 2.24) is 0 Å². The molecular formula is C16H20BrO4S-. The average Bonchev–Trinajstić information content (AvgIpc) is 2.94. The summed E-state index contributed by atoms with van der Waals surface area (Å²) in [6, 6.07) is 5.87. The molecule has 0 N–H and O–H groups in total. The van der Waals surface area contributed by atoms with Crippen LogP contribution in [0.2, 0.25) is 0 Å². The van der Waals surface area contributed by atoms with Crippen LogP contribution >= 0.6 is 15.9 Å². The molecule has 0 radical (unpaired) electrons. The predicted molar refractivity (Wildman–Crippen MR) is 88.1 cm³/mol. The summed E-state index contributed by atoms with van der Waals surface area (Å²) in [5.41, 5.74) is 1.95. The standard InChI is InChI=1S/C16H21BrO4S/c1-2-16(18)21-9-12-4-3-5-14(12)11-6-7-13(10-22(19)20)15(17)8-11/h6-8,12,14H,2-5,9-10H2,1H3,(H,19,20)/p-1. The van der Waals surface area contributed by atoms with Gasteiger partial charge in [-0.05, 0) is 41.9 Å². The largest absolute Gasteiger partial charge is 0.772 e. The minimum Gasteiger partial charge on any atom is -0.772 e. The number of ether oxygens (including phenoxy) is 1. The highest BCUT2D eigenvalue weighted by atomic mass is 79.9. The first-order valence-electron chi connectivity index (χ1n) is 7.51. The minimum absolute atomic E-state index is 0.0169. The normalized spacial score (nSPS) is 22.5. The van der Waals surface area contributed by atoms with Gasteiger partial charge < -0.3 is 9.29 Å². The molecular weight excluding hydrogens is 368 g/mol. The van der Waals surface area contributed by atoms with E-state index in [1.165, 1.54) is 5.56 Å². The van der Waals surface area contributed by atoms with Gasteiger partial charge in [0.25, 0.3) is 0 Å². The van der Waals surface area contributed by atoms with Gasteiger partial charge >= 0.3 is 5.97 Å². The number of hydrogen-bond acceptors (Lipinski definition) is 4. The maximum Gasteiger partial charge on any atom is 0.305 e. The lowest BCUT2D eigenvalue weighted by Gasteiger charge is -2.21. The van der Waals surface area contributed by atoms with Crippen LogP contribution in [0.5, 0.6) is 0 Å². The van der Waals surface area contributed by atoms with Crippen molar-refractivity contribution in [3.63, 3.8) is 0 Å². The first kappa shape index (κ1) is 17.6. The molecule has 0 aliphatic heterocycles. The van der Waals surface area contributed by atoms with Gasteiger partial charge in [0, 0.05) is 16.6 Å². The SMILES string of the molecule is CCC(=O)OCC1CCCC1c1ccc(CS(=O)[O-])c(Br)c1. The van der Waals surface area contributed by atoms with Crippen molar-refractivity contribution in [2.75, 3.05) is 6.61 Å². The van der Waals surface area contributed by atoms with E-state index >= 15 is 0 Å². The second kappa shape index (κ2) is 8.22. The fourth-order valence-electron chi connectivity index (χ4n) is 3.02. The second-order valence-electron chi connectivity index (χ2n) is 5.63. The van der Waals surface area contributed by atoms with E-state index in [4.69, 9.17) is 4.74 Å². The predicted octanol–water partition coefficient (Wildman–Crippen LogP) is 3.67. The van der Waals surface area contributed by atoms with Gasteiger partial charge in [0.1, 0.15) is 0 Å². The summed E-state index contributed by atoms with van der Waals surface area (Å²) in [4.78, 5) is 11.3. The Bertz CT molecular complexity index is 561. The van der Waals surface area contributed by atoms with Crippen molar-refractivity contribution in [3.8, 4) is 0 Å². The van der Waals surface area contributed by atoms with E-state index in [1.807, 2.05) is 18.2 Å². The molecule has 1 saturated carbocycles. The van der Waals surface area contributed by atoms with Gasteiger partial charge in [-0.15, -0.1) is 0 Å². The third-order valence-corrected chi connectivity index (χ3v) is 5.47. The monoisotopic (exact) mass is 387 g/mol. The Hall–Kier alpha value is -0.720. The van der Waals surface area contributed by atoms with Gasteiger partial charge in [-0.3, -0.25) is 9.00 Å². The van der Waals surface area contributed by atoms with Gasteiger partial charge in [0.2, 0.25) is 0 Å². The Balaban J connectivity index is 2.07. The zero-order valence-corrected chi connectivity index (χ0v) is 15.0. The topological polar surface area (TPSA) is 66.4 Å². The molecule has 4 nitrogen and oxygen atoms in total. The highest BCUT2D eigenvalue weighted by Gasteiger charge is 2.29. The lowest BCUT2D eigenvalue weighted by molar-refractivity contribution is -0.144. The van der Waals surface area contributed by atoms with Crippen LogP contribution in [0.3, 0.4) is 0 Å². The Morgan fingerprint density at radius 2 is 2.23 bits per heavy atom. The Morgan fingerprint density at radius 1 is 1.45 bits per heavy atom. The van der Waals surface area contributed by atoms with Gasteiger partial charge in [-0.2, -0.15) is 0 Å². The molecule has 0 heterocycles. The quantitative estimate of drug-likeness (QED) is 0.551. The molecule has 1 aliphatic rings. The molecule has 0 amide bonds. The number of rotatable bonds is 6. The van der Waals surface area contributed by atoms with Crippen LogP contribution in [-0.2, 0) is 26.4 Å². The third kappa shape index (κ3) is 4.64. The minimum atomic E-state index is -2.09. The van der Waals surface area contributed by atoms with Gasteiger partial charge in [0.15, 0.2) is 0 Å². The van der Waals surface area contributed by atoms with Crippen LogP contribution in [-0.4, -0.2) is 21.3 Å². The molecule has 3 unspecified atom stereocenters. The molecule has 2 rings (SSSR count). The Morgan fingerprint density at radius 3 is 2.86 bits per heavy atom. The maximum atomic E-state index is 11.3. The van der Waals surface area contributed by atoms with Crippen molar-refractivity contribution in [1.29, 1.82) is 0 Å². The summed E-state index contributed by atoms with van der Waals surface area (Å²) in [5.74, 6) is 0.582. The molecule has 0 bridgehead atoms. The summed E-state index contributed by atoms with van der Waals surface area (Å²) < 4.78 is 27.8. The zero-order valence-electron chi connectivity index (χ0n) is 12.5. The van der Waals surface area contributed by atoms with Crippen LogP contribution in [0.4, 0.5) is 0 Å². The zero-order chi connectivity index (χ0) is 16.1. The molecule has 1 aromatic rings. The summed E-state index contributed by atoms with van der Waals surface area (Å²) >= 11 is 1.37. The fourth-order valence-corrected chi connectivity index (χ4v) is 4.24. The molecule has 0 saturated heterocycles. The van der Waals surface area contributed by atoms with Crippen LogP contribution in [0, 0.1) is 5.92 Å². The van der Waals surface area contributed by atoms with E-state index in [-0.39, 0.29) is 11.7 Å². The van der Waals surface area contributed by atoms with E-state index in [9.17, 15) is 13.6 Å². The van der Waals surface area contributed by atoms with E-state index in [0.717, 1.165) is 29.3 Å². The number of halogens is 1. The van der Waals surface area contributed by atoms with Crippen LogP contribution in [0.1, 0.15) is 49.7 Å². The number of carbonyl (C=O) groups excluding carboxylic acids is 1.